The molecular weight excluding hydrogens is 350 g/mol. The van der Waals surface area contributed by atoms with Crippen LogP contribution < -0.4 is 10.6 Å². The predicted molar refractivity (Wildman–Crippen MR) is 115 cm³/mol. The van der Waals surface area contributed by atoms with Gasteiger partial charge in [-0.2, -0.15) is 0 Å². The number of rotatable bonds is 9. The molecule has 6 heteroatoms. The maximum absolute atomic E-state index is 12.2. The Morgan fingerprint density at radius 1 is 1.00 bits per heavy atom. The lowest BCUT2D eigenvalue weighted by molar-refractivity contribution is 0.0946. The Morgan fingerprint density at radius 3 is 2.14 bits per heavy atom. The van der Waals surface area contributed by atoms with E-state index >= 15 is 0 Å². The molecule has 1 heterocycles. The number of anilines is 2. The number of hydrogen-bond acceptors (Lipinski definition) is 5. The van der Waals surface area contributed by atoms with E-state index in [1.54, 1.807) is 6.07 Å². The molecule has 152 valence electrons. The molecule has 0 fully saturated rings. The van der Waals surface area contributed by atoms with Gasteiger partial charge < -0.3 is 15.5 Å². The minimum absolute atomic E-state index is 0.191. The standard InChI is InChI=1S/C22H33N5O/c1-15(2)17-9-7-10-18(16(3)4)21(17)24-20-12-11-19(25-26-20)22(28)23-13-8-14-27(5)6/h7,9-12,15-16H,8,13-14H2,1-6H3,(H,23,28)(H,24,26). The van der Waals surface area contributed by atoms with E-state index < -0.39 is 0 Å². The zero-order chi connectivity index (χ0) is 20.7. The van der Waals surface area contributed by atoms with Crippen LogP contribution in [0.2, 0.25) is 0 Å². The SMILES string of the molecule is CC(C)c1cccc(C(C)C)c1Nc1ccc(C(=O)NCCCN(C)C)nn1. The van der Waals surface area contributed by atoms with Crippen LogP contribution in [-0.2, 0) is 0 Å². The van der Waals surface area contributed by atoms with Crippen molar-refractivity contribution in [2.75, 3.05) is 32.5 Å². The van der Waals surface area contributed by atoms with Crippen molar-refractivity contribution in [3.8, 4) is 0 Å². The maximum atomic E-state index is 12.2. The summed E-state index contributed by atoms with van der Waals surface area (Å²) in [4.78, 5) is 14.3. The number of benzene rings is 1. The highest BCUT2D eigenvalue weighted by Gasteiger charge is 2.15. The Hall–Kier alpha value is -2.47. The van der Waals surface area contributed by atoms with Crippen molar-refractivity contribution in [2.24, 2.45) is 0 Å². The highest BCUT2D eigenvalue weighted by Crippen LogP contribution is 2.33. The summed E-state index contributed by atoms with van der Waals surface area (Å²) in [6.07, 6.45) is 0.899. The molecule has 0 saturated carbocycles. The lowest BCUT2D eigenvalue weighted by Crippen LogP contribution is -2.28. The normalized spacial score (nSPS) is 11.3. The van der Waals surface area contributed by atoms with Crippen molar-refractivity contribution < 1.29 is 4.79 Å². The number of aromatic nitrogens is 2. The first kappa shape index (κ1) is 21.8. The molecular formula is C22H33N5O. The number of hydrogen-bond donors (Lipinski definition) is 2. The van der Waals surface area contributed by atoms with Crippen LogP contribution in [0.1, 0.15) is 67.6 Å². The van der Waals surface area contributed by atoms with E-state index in [0.29, 0.717) is 29.9 Å². The monoisotopic (exact) mass is 383 g/mol. The van der Waals surface area contributed by atoms with Crippen LogP contribution in [0.3, 0.4) is 0 Å². The van der Waals surface area contributed by atoms with Gasteiger partial charge in [0.05, 0.1) is 0 Å². The highest BCUT2D eigenvalue weighted by molar-refractivity contribution is 5.92. The Kier molecular flexibility index (Phi) is 7.93. The number of para-hydroxylation sites is 1. The second-order valence-electron chi connectivity index (χ2n) is 7.96. The minimum Gasteiger partial charge on any atom is -0.351 e. The quantitative estimate of drug-likeness (QED) is 0.637. The number of nitrogens with zero attached hydrogens (tertiary/aromatic N) is 3. The molecule has 0 bridgehead atoms. The average molecular weight is 384 g/mol. The molecule has 1 aromatic heterocycles. The van der Waals surface area contributed by atoms with E-state index in [-0.39, 0.29) is 5.91 Å². The van der Waals surface area contributed by atoms with Crippen LogP contribution in [-0.4, -0.2) is 48.2 Å². The van der Waals surface area contributed by atoms with Gasteiger partial charge in [0.25, 0.3) is 5.91 Å². The van der Waals surface area contributed by atoms with Gasteiger partial charge in [0.1, 0.15) is 0 Å². The molecule has 0 aliphatic heterocycles. The highest BCUT2D eigenvalue weighted by atomic mass is 16.1. The van der Waals surface area contributed by atoms with E-state index in [9.17, 15) is 4.79 Å². The second-order valence-corrected chi connectivity index (χ2v) is 7.96. The minimum atomic E-state index is -0.191. The zero-order valence-corrected chi connectivity index (χ0v) is 17.9. The molecule has 0 aliphatic rings. The molecule has 0 aliphatic carbocycles. The summed E-state index contributed by atoms with van der Waals surface area (Å²) in [5, 5.41) is 14.6. The third kappa shape index (κ3) is 6.02. The molecule has 0 radical (unpaired) electrons. The Labute approximate surface area is 168 Å². The molecule has 2 aromatic rings. The van der Waals surface area contributed by atoms with E-state index in [2.05, 4.69) is 71.6 Å². The fourth-order valence-corrected chi connectivity index (χ4v) is 3.03. The Bertz CT molecular complexity index is 743. The lowest BCUT2D eigenvalue weighted by atomic mass is 9.92. The summed E-state index contributed by atoms with van der Waals surface area (Å²) in [5.41, 5.74) is 3.91. The average Bonchev–Trinajstić information content (AvgIpc) is 2.65. The second kappa shape index (κ2) is 10.2. The number of carbonyl (C=O) groups is 1. The van der Waals surface area contributed by atoms with Gasteiger partial charge in [0.2, 0.25) is 0 Å². The first-order valence-electron chi connectivity index (χ1n) is 9.96. The van der Waals surface area contributed by atoms with Crippen LogP contribution in [0.15, 0.2) is 30.3 Å². The van der Waals surface area contributed by atoms with Crippen molar-refractivity contribution >= 4 is 17.4 Å². The third-order valence-electron chi connectivity index (χ3n) is 4.59. The molecule has 6 nitrogen and oxygen atoms in total. The maximum Gasteiger partial charge on any atom is 0.271 e. The molecule has 1 aromatic carbocycles. The smallest absolute Gasteiger partial charge is 0.271 e. The summed E-state index contributed by atoms with van der Waals surface area (Å²) in [6.45, 7) is 10.3. The number of nitrogens with one attached hydrogen (secondary N) is 2. The largest absolute Gasteiger partial charge is 0.351 e. The van der Waals surface area contributed by atoms with Crippen LogP contribution >= 0.6 is 0 Å². The number of amides is 1. The zero-order valence-electron chi connectivity index (χ0n) is 17.9. The lowest BCUT2D eigenvalue weighted by Gasteiger charge is -2.20. The molecule has 0 unspecified atom stereocenters. The van der Waals surface area contributed by atoms with Crippen molar-refractivity contribution in [3.05, 3.63) is 47.2 Å². The van der Waals surface area contributed by atoms with Crippen LogP contribution in [0, 0.1) is 0 Å². The van der Waals surface area contributed by atoms with Crippen LogP contribution in [0.25, 0.3) is 0 Å². The van der Waals surface area contributed by atoms with Crippen molar-refractivity contribution in [1.29, 1.82) is 0 Å². The van der Waals surface area contributed by atoms with Gasteiger partial charge in [-0.25, -0.2) is 0 Å². The van der Waals surface area contributed by atoms with E-state index in [4.69, 9.17) is 0 Å². The van der Waals surface area contributed by atoms with Crippen LogP contribution in [0.4, 0.5) is 11.5 Å². The topological polar surface area (TPSA) is 70.2 Å². The van der Waals surface area contributed by atoms with Gasteiger partial charge in [0, 0.05) is 12.2 Å². The Morgan fingerprint density at radius 2 is 1.64 bits per heavy atom. The summed E-state index contributed by atoms with van der Waals surface area (Å²) in [7, 11) is 4.03. The molecule has 0 saturated heterocycles. The van der Waals surface area contributed by atoms with Gasteiger partial charge in [0.15, 0.2) is 11.5 Å². The van der Waals surface area contributed by atoms with Gasteiger partial charge in [-0.05, 0) is 62.2 Å². The van der Waals surface area contributed by atoms with Crippen molar-refractivity contribution in [3.63, 3.8) is 0 Å². The van der Waals surface area contributed by atoms with E-state index in [1.807, 2.05) is 20.2 Å². The molecule has 2 N–H and O–H groups in total. The van der Waals surface area contributed by atoms with E-state index in [0.717, 1.165) is 18.7 Å². The first-order chi connectivity index (χ1) is 13.3. The van der Waals surface area contributed by atoms with Gasteiger partial charge >= 0.3 is 0 Å². The van der Waals surface area contributed by atoms with Crippen molar-refractivity contribution in [2.45, 2.75) is 46.0 Å². The first-order valence-corrected chi connectivity index (χ1v) is 9.96. The number of carbonyl (C=O) groups excluding carboxylic acids is 1. The summed E-state index contributed by atoms with van der Waals surface area (Å²) in [6, 6.07) is 9.90. The van der Waals surface area contributed by atoms with Gasteiger partial charge in [-0.3, -0.25) is 4.79 Å². The molecule has 0 spiro atoms. The fraction of sp³-hybridized carbons (Fsp3) is 0.500. The molecule has 2 rings (SSSR count). The fourth-order valence-electron chi connectivity index (χ4n) is 3.03. The summed E-state index contributed by atoms with van der Waals surface area (Å²) >= 11 is 0. The summed E-state index contributed by atoms with van der Waals surface area (Å²) in [5.74, 6) is 1.23. The molecule has 28 heavy (non-hydrogen) atoms. The summed E-state index contributed by atoms with van der Waals surface area (Å²) < 4.78 is 0. The van der Waals surface area contributed by atoms with Crippen LogP contribution in [0.5, 0.6) is 0 Å². The van der Waals surface area contributed by atoms with Crippen molar-refractivity contribution in [1.82, 2.24) is 20.4 Å². The predicted octanol–water partition coefficient (Wildman–Crippen LogP) is 4.15. The van der Waals surface area contributed by atoms with Gasteiger partial charge in [-0.1, -0.05) is 45.9 Å². The van der Waals surface area contributed by atoms with E-state index in [1.165, 1.54) is 11.1 Å². The molecule has 1 amide bonds. The van der Waals surface area contributed by atoms with Gasteiger partial charge in [-0.15, -0.1) is 10.2 Å². The third-order valence-corrected chi connectivity index (χ3v) is 4.59. The molecule has 0 atom stereocenters. The Balaban J connectivity index is 2.10.